The van der Waals surface area contributed by atoms with Crippen molar-refractivity contribution in [3.8, 4) is 62.0 Å². The SMILES string of the molecule is CCCCCCCCC1(CCCCCCCC)c2ccccc2-c2ccc(-c3sc(-c4sc(-c5ccc(-c6cc(CCCCCC)c(-c7cc(CCCCCC)cs7)s6)c6nsnc56)cc4CCCCCC)cc3CCCCCC)cc21. The summed E-state index contributed by atoms with van der Waals surface area (Å²) in [5, 5.41) is 2.43. The highest BCUT2D eigenvalue weighted by Crippen LogP contribution is 2.56. The Bertz CT molecular complexity index is 3150. The zero-order valence-corrected chi connectivity index (χ0v) is 55.6. The number of benzene rings is 3. The number of hydrogen-bond donors (Lipinski definition) is 0. The molecule has 440 valence electrons. The van der Waals surface area contributed by atoms with Crippen molar-refractivity contribution < 1.29 is 0 Å². The van der Waals surface area contributed by atoms with Crippen LogP contribution in [-0.2, 0) is 31.1 Å². The average Bonchev–Trinajstić information content (AvgIpc) is 3.68. The number of aryl methyl sites for hydroxylation is 4. The van der Waals surface area contributed by atoms with Crippen molar-refractivity contribution in [3.63, 3.8) is 0 Å². The Kier molecular flexibility index (Phi) is 25.0. The molecule has 0 atom stereocenters. The summed E-state index contributed by atoms with van der Waals surface area (Å²) in [6, 6.07) is 32.4. The standard InChI is InChI=1S/C75H100N2S5/c1-7-13-19-25-27-35-47-75(48-36-28-26-20-14-8-2)64-42-34-33-41-60(64)61-44-43-59(50-65(61)75)72-56(38-30-22-16-10-4)53-69(81-72)74-58(40-32-24-18-12-6)52-67(80-74)63-46-45-62(70-71(63)77-82-76-70)66-51-57(39-31-23-17-11-5)73(79-66)68-49-55(54-78-68)37-29-21-15-9-3/h33-34,41-46,49-54H,7-32,35-40,47-48H2,1-6H3. The highest BCUT2D eigenvalue weighted by molar-refractivity contribution is 7.25. The molecule has 5 aromatic heterocycles. The van der Waals surface area contributed by atoms with Crippen molar-refractivity contribution in [1.29, 1.82) is 0 Å². The first-order chi connectivity index (χ1) is 40.4. The Morgan fingerprint density at radius 1 is 0.354 bits per heavy atom. The summed E-state index contributed by atoms with van der Waals surface area (Å²) in [7, 11) is 0. The molecular formula is C75H100N2S5. The lowest BCUT2D eigenvalue weighted by Gasteiger charge is -2.33. The van der Waals surface area contributed by atoms with Gasteiger partial charge >= 0.3 is 0 Å². The first-order valence-electron chi connectivity index (χ1n) is 33.4. The van der Waals surface area contributed by atoms with Gasteiger partial charge in [-0.1, -0.05) is 244 Å². The minimum Gasteiger partial charge on any atom is -0.172 e. The van der Waals surface area contributed by atoms with Crippen LogP contribution in [0.5, 0.6) is 0 Å². The highest BCUT2D eigenvalue weighted by Gasteiger charge is 2.42. The van der Waals surface area contributed by atoms with Gasteiger partial charge in [0.2, 0.25) is 0 Å². The minimum atomic E-state index is 0.0717. The van der Waals surface area contributed by atoms with E-state index in [9.17, 15) is 0 Å². The fourth-order valence-electron chi connectivity index (χ4n) is 13.4. The Labute approximate surface area is 517 Å². The third-order valence-corrected chi connectivity index (χ3v) is 23.7. The van der Waals surface area contributed by atoms with Crippen LogP contribution in [0.3, 0.4) is 0 Å². The molecule has 8 aromatic rings. The molecule has 7 heteroatoms. The van der Waals surface area contributed by atoms with Crippen molar-refractivity contribution in [1.82, 2.24) is 8.75 Å². The van der Waals surface area contributed by atoms with Gasteiger partial charge in [0.05, 0.1) is 11.7 Å². The van der Waals surface area contributed by atoms with Gasteiger partial charge in [-0.2, -0.15) is 8.75 Å². The van der Waals surface area contributed by atoms with E-state index >= 15 is 0 Å². The lowest BCUT2D eigenvalue weighted by Crippen LogP contribution is -2.25. The molecule has 2 nitrogen and oxygen atoms in total. The molecule has 0 unspecified atom stereocenters. The molecule has 0 saturated heterocycles. The number of aromatic nitrogens is 2. The molecular weight excluding hydrogens is 1090 g/mol. The fourth-order valence-corrected chi connectivity index (χ4v) is 18.9. The van der Waals surface area contributed by atoms with Gasteiger partial charge in [0.25, 0.3) is 0 Å². The molecule has 0 fully saturated rings. The third-order valence-electron chi connectivity index (χ3n) is 18.1. The molecule has 82 heavy (non-hydrogen) atoms. The zero-order valence-electron chi connectivity index (χ0n) is 51.6. The van der Waals surface area contributed by atoms with Crippen LogP contribution in [0.2, 0.25) is 0 Å². The van der Waals surface area contributed by atoms with Crippen LogP contribution >= 0.6 is 57.1 Å². The fraction of sp³-hybridized carbons (Fsp3) is 0.547. The Morgan fingerprint density at radius 2 is 0.780 bits per heavy atom. The Morgan fingerprint density at radius 3 is 1.33 bits per heavy atom. The average molecular weight is 1190 g/mol. The normalized spacial score (nSPS) is 12.8. The molecule has 0 aliphatic heterocycles. The largest absolute Gasteiger partial charge is 0.172 e. The molecule has 0 saturated carbocycles. The van der Waals surface area contributed by atoms with Gasteiger partial charge in [-0.25, -0.2) is 0 Å². The maximum atomic E-state index is 5.16. The summed E-state index contributed by atoms with van der Waals surface area (Å²) in [6.07, 6.45) is 43.7. The summed E-state index contributed by atoms with van der Waals surface area (Å²) in [5.74, 6) is 0. The van der Waals surface area contributed by atoms with Crippen molar-refractivity contribution in [2.45, 2.75) is 265 Å². The van der Waals surface area contributed by atoms with E-state index in [1.165, 1.54) is 289 Å². The molecule has 3 aromatic carbocycles. The topological polar surface area (TPSA) is 25.8 Å². The van der Waals surface area contributed by atoms with Crippen LogP contribution in [0.15, 0.2) is 84.2 Å². The second kappa shape index (κ2) is 32.7. The van der Waals surface area contributed by atoms with E-state index in [0.29, 0.717) is 0 Å². The minimum absolute atomic E-state index is 0.0717. The predicted octanol–water partition coefficient (Wildman–Crippen LogP) is 26.5. The number of hydrogen-bond acceptors (Lipinski definition) is 7. The molecule has 5 heterocycles. The van der Waals surface area contributed by atoms with Gasteiger partial charge in [-0.05, 0) is 150 Å². The van der Waals surface area contributed by atoms with Gasteiger partial charge < -0.3 is 0 Å². The monoisotopic (exact) mass is 1190 g/mol. The maximum absolute atomic E-state index is 5.16. The molecule has 1 aliphatic rings. The van der Waals surface area contributed by atoms with Gasteiger partial charge in [-0.3, -0.25) is 0 Å². The lowest BCUT2D eigenvalue weighted by molar-refractivity contribution is 0.398. The highest BCUT2D eigenvalue weighted by atomic mass is 32.1. The first-order valence-corrected chi connectivity index (χ1v) is 37.5. The van der Waals surface area contributed by atoms with Crippen molar-refractivity contribution in [2.75, 3.05) is 0 Å². The van der Waals surface area contributed by atoms with Gasteiger partial charge in [-0.15, -0.1) is 45.3 Å². The van der Waals surface area contributed by atoms with E-state index in [0.717, 1.165) is 30.3 Å². The first kappa shape index (κ1) is 62.8. The zero-order chi connectivity index (χ0) is 56.9. The number of fused-ring (bicyclic) bond motifs is 4. The Hall–Kier alpha value is -3.72. The molecule has 1 aliphatic carbocycles. The lowest BCUT2D eigenvalue weighted by atomic mass is 9.70. The molecule has 0 spiro atoms. The predicted molar refractivity (Wildman–Crippen MR) is 370 cm³/mol. The molecule has 0 N–H and O–H groups in total. The van der Waals surface area contributed by atoms with Crippen molar-refractivity contribution in [2.24, 2.45) is 0 Å². The maximum Gasteiger partial charge on any atom is 0.114 e. The van der Waals surface area contributed by atoms with Crippen molar-refractivity contribution in [3.05, 3.63) is 118 Å². The summed E-state index contributed by atoms with van der Waals surface area (Å²) in [5.41, 5.74) is 18.4. The smallest absolute Gasteiger partial charge is 0.114 e. The quantitative estimate of drug-likeness (QED) is 0.0359. The van der Waals surface area contributed by atoms with E-state index in [1.807, 2.05) is 34.0 Å². The van der Waals surface area contributed by atoms with Crippen LogP contribution in [-0.4, -0.2) is 8.75 Å². The number of thiophene rings is 4. The van der Waals surface area contributed by atoms with Gasteiger partial charge in [0.1, 0.15) is 11.0 Å². The molecule has 0 bridgehead atoms. The van der Waals surface area contributed by atoms with Crippen molar-refractivity contribution >= 4 is 68.1 Å². The summed E-state index contributed by atoms with van der Waals surface area (Å²) < 4.78 is 10.3. The van der Waals surface area contributed by atoms with E-state index in [1.54, 1.807) is 16.7 Å². The second-order valence-corrected chi connectivity index (χ2v) is 29.1. The summed E-state index contributed by atoms with van der Waals surface area (Å²) in [4.78, 5) is 10.0. The van der Waals surface area contributed by atoms with E-state index in [-0.39, 0.29) is 5.41 Å². The van der Waals surface area contributed by atoms with Gasteiger partial charge in [0, 0.05) is 50.7 Å². The van der Waals surface area contributed by atoms with E-state index in [2.05, 4.69) is 137 Å². The molecule has 9 rings (SSSR count). The number of unbranched alkanes of at least 4 members (excludes halogenated alkanes) is 22. The molecule has 0 radical (unpaired) electrons. The number of rotatable bonds is 39. The van der Waals surface area contributed by atoms with Gasteiger partial charge in [0.15, 0.2) is 0 Å². The van der Waals surface area contributed by atoms with Crippen LogP contribution in [0.1, 0.15) is 268 Å². The summed E-state index contributed by atoms with van der Waals surface area (Å²) >= 11 is 9.44. The van der Waals surface area contributed by atoms with Crippen LogP contribution < -0.4 is 0 Å². The number of nitrogens with zero attached hydrogens (tertiary/aromatic N) is 2. The summed E-state index contributed by atoms with van der Waals surface area (Å²) in [6.45, 7) is 14.0. The Balaban J connectivity index is 1.08. The van der Waals surface area contributed by atoms with Crippen LogP contribution in [0.25, 0.3) is 73.0 Å². The van der Waals surface area contributed by atoms with E-state index in [4.69, 9.17) is 8.75 Å². The van der Waals surface area contributed by atoms with Crippen LogP contribution in [0.4, 0.5) is 0 Å². The second-order valence-electron chi connectivity index (χ2n) is 24.5. The molecule has 0 amide bonds. The van der Waals surface area contributed by atoms with Crippen LogP contribution in [0, 0.1) is 0 Å². The van der Waals surface area contributed by atoms with E-state index < -0.39 is 0 Å². The third kappa shape index (κ3) is 15.6.